The lowest BCUT2D eigenvalue weighted by Crippen LogP contribution is -2.26. The molecule has 7 heteroatoms. The number of rotatable bonds is 4. The fourth-order valence-electron chi connectivity index (χ4n) is 3.16. The molecule has 1 amide bonds. The molecule has 0 unspecified atom stereocenters. The quantitative estimate of drug-likeness (QED) is 0.556. The van der Waals surface area contributed by atoms with Crippen LogP contribution in [0.1, 0.15) is 28.9 Å². The van der Waals surface area contributed by atoms with Gasteiger partial charge in [-0.3, -0.25) is 4.79 Å². The number of carbonyl (C=O) groups excluding carboxylic acids is 1. The van der Waals surface area contributed by atoms with Crippen LogP contribution in [0.15, 0.2) is 73.1 Å². The molecule has 1 atom stereocenters. The molecule has 2 heterocycles. The Bertz CT molecular complexity index is 1110. The van der Waals surface area contributed by atoms with Crippen LogP contribution in [0.25, 0.3) is 16.7 Å². The van der Waals surface area contributed by atoms with E-state index in [-0.39, 0.29) is 31.4 Å². The molecule has 0 radical (unpaired) electrons. The van der Waals surface area contributed by atoms with Crippen molar-refractivity contribution in [1.29, 1.82) is 0 Å². The van der Waals surface area contributed by atoms with E-state index in [4.69, 9.17) is 5.73 Å². The van der Waals surface area contributed by atoms with Crippen LogP contribution >= 0.6 is 13.5 Å². The molecule has 0 aliphatic carbocycles. The summed E-state index contributed by atoms with van der Waals surface area (Å²) in [6.45, 7) is 1.97. The Morgan fingerprint density at radius 3 is 2.61 bits per heavy atom. The van der Waals surface area contributed by atoms with Crippen LogP contribution in [0.2, 0.25) is 0 Å². The minimum atomic E-state index is -0.114. The predicted molar refractivity (Wildman–Crippen MR) is 116 cm³/mol. The lowest BCUT2D eigenvalue weighted by atomic mass is 10.1. The molecule has 0 bridgehead atoms. The number of hydrogen-bond donors (Lipinski definition) is 2. The highest BCUT2D eigenvalue weighted by atomic mass is 32.1. The molecule has 0 aliphatic rings. The number of hydrogen-bond acceptors (Lipinski definition) is 4. The number of amides is 1. The van der Waals surface area contributed by atoms with Gasteiger partial charge in [-0.2, -0.15) is 18.5 Å². The van der Waals surface area contributed by atoms with E-state index in [2.05, 4.69) is 15.3 Å². The summed E-state index contributed by atoms with van der Waals surface area (Å²) in [6.07, 6.45) is 3.49. The van der Waals surface area contributed by atoms with Gasteiger partial charge in [0.1, 0.15) is 5.82 Å². The fourth-order valence-corrected chi connectivity index (χ4v) is 3.16. The Labute approximate surface area is 169 Å². The summed E-state index contributed by atoms with van der Waals surface area (Å²) in [7, 11) is 0. The number of benzene rings is 2. The molecular formula is C21H21N5OS. The van der Waals surface area contributed by atoms with Gasteiger partial charge in [0.25, 0.3) is 5.91 Å². The van der Waals surface area contributed by atoms with E-state index in [0.29, 0.717) is 11.4 Å². The Kier molecular flexibility index (Phi) is 5.65. The van der Waals surface area contributed by atoms with Crippen molar-refractivity contribution in [2.45, 2.75) is 13.0 Å². The molecule has 142 valence electrons. The summed E-state index contributed by atoms with van der Waals surface area (Å²) in [5, 5.41) is 3.92. The number of nitrogens with one attached hydrogen (secondary N) is 1. The van der Waals surface area contributed by atoms with E-state index >= 15 is 0 Å². The van der Waals surface area contributed by atoms with Crippen LogP contribution in [-0.2, 0) is 0 Å². The first kappa shape index (κ1) is 19.4. The van der Waals surface area contributed by atoms with Gasteiger partial charge in [-0.1, -0.05) is 36.4 Å². The zero-order valence-electron chi connectivity index (χ0n) is 15.3. The van der Waals surface area contributed by atoms with Crippen molar-refractivity contribution in [3.05, 3.63) is 84.2 Å². The third-order valence-corrected chi connectivity index (χ3v) is 4.53. The van der Waals surface area contributed by atoms with E-state index in [1.165, 1.54) is 0 Å². The van der Waals surface area contributed by atoms with Crippen molar-refractivity contribution in [2.24, 2.45) is 0 Å². The Balaban J connectivity index is 0.00000225. The maximum absolute atomic E-state index is 12.9. The molecule has 0 saturated carbocycles. The molecule has 0 aliphatic heterocycles. The second-order valence-electron chi connectivity index (χ2n) is 6.30. The van der Waals surface area contributed by atoms with Crippen LogP contribution in [0, 0.1) is 0 Å². The largest absolute Gasteiger partial charge is 0.368 e. The number of nitrogens with zero attached hydrogens (tertiary/aromatic N) is 3. The average molecular weight is 392 g/mol. The molecule has 0 fully saturated rings. The third-order valence-electron chi connectivity index (χ3n) is 4.53. The van der Waals surface area contributed by atoms with Gasteiger partial charge < -0.3 is 15.6 Å². The number of carbonyl (C=O) groups is 1. The van der Waals surface area contributed by atoms with Gasteiger partial charge in [0.05, 0.1) is 11.6 Å². The summed E-state index contributed by atoms with van der Waals surface area (Å²) in [4.78, 5) is 21.1. The molecule has 0 saturated heterocycles. The van der Waals surface area contributed by atoms with Crippen LogP contribution < -0.4 is 11.1 Å². The monoisotopic (exact) mass is 391 g/mol. The lowest BCUT2D eigenvalue weighted by molar-refractivity contribution is 0.0941. The highest BCUT2D eigenvalue weighted by molar-refractivity contribution is 7.59. The minimum absolute atomic E-state index is 0. The molecule has 6 nitrogen and oxygen atoms in total. The molecule has 2 aromatic carbocycles. The van der Waals surface area contributed by atoms with Gasteiger partial charge >= 0.3 is 0 Å². The average Bonchev–Trinajstić information content (AvgIpc) is 3.12. The minimum Gasteiger partial charge on any atom is -0.368 e. The van der Waals surface area contributed by atoms with Crippen molar-refractivity contribution in [3.63, 3.8) is 0 Å². The second kappa shape index (κ2) is 8.14. The molecule has 3 N–H and O–H groups in total. The van der Waals surface area contributed by atoms with Crippen LogP contribution in [-0.4, -0.2) is 20.4 Å². The molecule has 0 spiro atoms. The Morgan fingerprint density at radius 1 is 1.07 bits per heavy atom. The van der Waals surface area contributed by atoms with Crippen molar-refractivity contribution in [2.75, 3.05) is 5.73 Å². The van der Waals surface area contributed by atoms with Gasteiger partial charge in [-0.15, -0.1) is 0 Å². The van der Waals surface area contributed by atoms with Crippen LogP contribution in [0.5, 0.6) is 0 Å². The number of anilines is 1. The summed E-state index contributed by atoms with van der Waals surface area (Å²) < 4.78 is 1.89. The van der Waals surface area contributed by atoms with Gasteiger partial charge in [0.2, 0.25) is 5.95 Å². The van der Waals surface area contributed by atoms with E-state index in [9.17, 15) is 4.79 Å². The normalized spacial score (nSPS) is 11.6. The molecule has 4 rings (SSSR count). The zero-order chi connectivity index (χ0) is 18.8. The van der Waals surface area contributed by atoms with Crippen molar-refractivity contribution in [1.82, 2.24) is 19.9 Å². The van der Waals surface area contributed by atoms with E-state index in [1.807, 2.05) is 72.3 Å². The summed E-state index contributed by atoms with van der Waals surface area (Å²) in [5.74, 6) is 0.754. The summed E-state index contributed by atoms with van der Waals surface area (Å²) in [6, 6.07) is 19.1. The Hall–Kier alpha value is -3.32. The number of aromatic nitrogens is 3. The predicted octanol–water partition coefficient (Wildman–Crippen LogP) is 3.61. The fraction of sp³-hybridized carbons (Fsp3) is 0.0952. The summed E-state index contributed by atoms with van der Waals surface area (Å²) in [5.41, 5.74) is 8.26. The number of nitrogens with two attached hydrogens (primary N) is 1. The SMILES string of the molecule is C[C@H](NC(=O)c1cccc2c1ccn2-c1ccnc(N)n1)c1ccccc1.S. The highest BCUT2D eigenvalue weighted by Crippen LogP contribution is 2.24. The van der Waals surface area contributed by atoms with Gasteiger partial charge in [-0.05, 0) is 36.8 Å². The van der Waals surface area contributed by atoms with Gasteiger partial charge in [-0.25, -0.2) is 4.98 Å². The first-order valence-corrected chi connectivity index (χ1v) is 8.68. The van der Waals surface area contributed by atoms with Crippen LogP contribution in [0.3, 0.4) is 0 Å². The molecule has 2 aromatic heterocycles. The second-order valence-corrected chi connectivity index (χ2v) is 6.30. The molecule has 28 heavy (non-hydrogen) atoms. The van der Waals surface area contributed by atoms with Crippen LogP contribution in [0.4, 0.5) is 5.95 Å². The van der Waals surface area contributed by atoms with Gasteiger partial charge in [0.15, 0.2) is 0 Å². The number of nitrogen functional groups attached to an aromatic ring is 1. The van der Waals surface area contributed by atoms with Crippen molar-refractivity contribution in [3.8, 4) is 5.82 Å². The smallest absolute Gasteiger partial charge is 0.252 e. The Morgan fingerprint density at radius 2 is 1.86 bits per heavy atom. The maximum atomic E-state index is 12.9. The van der Waals surface area contributed by atoms with Crippen molar-refractivity contribution < 1.29 is 4.79 Å². The third kappa shape index (κ3) is 3.70. The maximum Gasteiger partial charge on any atom is 0.252 e. The van der Waals surface area contributed by atoms with E-state index < -0.39 is 0 Å². The first-order chi connectivity index (χ1) is 13.1. The first-order valence-electron chi connectivity index (χ1n) is 8.68. The zero-order valence-corrected chi connectivity index (χ0v) is 16.3. The van der Waals surface area contributed by atoms with Gasteiger partial charge in [0, 0.05) is 23.3 Å². The lowest BCUT2D eigenvalue weighted by Gasteiger charge is -2.15. The standard InChI is InChI=1S/C21H19N5O.H2S/c1-14(15-6-3-2-4-7-15)24-20(27)17-8-5-9-18-16(17)11-13-26(18)19-10-12-23-21(22)25-19;/h2-14H,1H3,(H,24,27)(H2,22,23,25);1H2/t14-;/m0./s1. The van der Waals surface area contributed by atoms with Crippen molar-refractivity contribution >= 4 is 36.3 Å². The highest BCUT2D eigenvalue weighted by Gasteiger charge is 2.16. The van der Waals surface area contributed by atoms with E-state index in [1.54, 1.807) is 12.3 Å². The summed E-state index contributed by atoms with van der Waals surface area (Å²) >= 11 is 0. The molecular weight excluding hydrogens is 370 g/mol. The molecule has 4 aromatic rings. The van der Waals surface area contributed by atoms with E-state index in [0.717, 1.165) is 16.5 Å². The number of fused-ring (bicyclic) bond motifs is 1. The topological polar surface area (TPSA) is 85.8 Å².